The fraction of sp³-hybridized carbons (Fsp3) is 0.316. The summed E-state index contributed by atoms with van der Waals surface area (Å²) >= 11 is 3.45. The number of aromatic nitrogens is 2. The minimum atomic E-state index is 0.119. The number of rotatable bonds is 5. The van der Waals surface area contributed by atoms with Crippen LogP contribution in [-0.2, 0) is 11.2 Å². The van der Waals surface area contributed by atoms with Crippen molar-refractivity contribution in [3.05, 3.63) is 58.6 Å². The standard InChI is InChI=1S/C19H18BrN3O3/c20-14-7-5-13(6-8-14)15-3-1-11-23(15)18(24)10-9-17-21-19(22-26-17)16-4-2-12-25-16/h2,4-8,12,15H,1,3,9-11H2. The molecule has 1 atom stereocenters. The van der Waals surface area contributed by atoms with Gasteiger partial charge in [-0.25, -0.2) is 0 Å². The van der Waals surface area contributed by atoms with Crippen LogP contribution in [0.1, 0.15) is 36.8 Å². The van der Waals surface area contributed by atoms with Crippen LogP contribution in [0.15, 0.2) is 56.1 Å². The molecule has 0 aliphatic carbocycles. The number of amides is 1. The van der Waals surface area contributed by atoms with Gasteiger partial charge in [-0.05, 0) is 42.7 Å². The predicted octanol–water partition coefficient (Wildman–Crippen LogP) is 4.39. The molecule has 0 saturated carbocycles. The summed E-state index contributed by atoms with van der Waals surface area (Å²) in [6.45, 7) is 0.793. The number of carbonyl (C=O) groups is 1. The van der Waals surface area contributed by atoms with Crippen LogP contribution in [0.5, 0.6) is 0 Å². The predicted molar refractivity (Wildman–Crippen MR) is 98.2 cm³/mol. The second-order valence-corrected chi connectivity index (χ2v) is 7.20. The summed E-state index contributed by atoms with van der Waals surface area (Å²) in [6, 6.07) is 11.9. The van der Waals surface area contributed by atoms with E-state index in [1.807, 2.05) is 17.0 Å². The van der Waals surface area contributed by atoms with Gasteiger partial charge in [-0.2, -0.15) is 4.98 Å². The van der Waals surface area contributed by atoms with E-state index >= 15 is 0 Å². The number of halogens is 1. The van der Waals surface area contributed by atoms with Gasteiger partial charge in [0.2, 0.25) is 17.6 Å². The fourth-order valence-electron chi connectivity index (χ4n) is 3.32. The van der Waals surface area contributed by atoms with Gasteiger partial charge in [-0.1, -0.05) is 33.2 Å². The van der Waals surface area contributed by atoms with E-state index in [1.165, 1.54) is 5.56 Å². The van der Waals surface area contributed by atoms with Gasteiger partial charge < -0.3 is 13.8 Å². The molecule has 3 aromatic rings. The normalized spacial score (nSPS) is 17.0. The van der Waals surface area contributed by atoms with Crippen LogP contribution in [0.3, 0.4) is 0 Å². The van der Waals surface area contributed by atoms with E-state index in [0.717, 1.165) is 23.9 Å². The number of furan rings is 1. The summed E-state index contributed by atoms with van der Waals surface area (Å²) in [5, 5.41) is 3.90. The van der Waals surface area contributed by atoms with Crippen molar-refractivity contribution in [1.29, 1.82) is 0 Å². The molecule has 1 saturated heterocycles. The van der Waals surface area contributed by atoms with Crippen molar-refractivity contribution >= 4 is 21.8 Å². The zero-order valence-corrected chi connectivity index (χ0v) is 15.7. The number of hydrogen-bond acceptors (Lipinski definition) is 5. The summed E-state index contributed by atoms with van der Waals surface area (Å²) in [5.74, 6) is 1.53. The van der Waals surface area contributed by atoms with E-state index in [2.05, 4.69) is 38.2 Å². The van der Waals surface area contributed by atoms with Crippen molar-refractivity contribution in [3.8, 4) is 11.6 Å². The minimum absolute atomic E-state index is 0.119. The van der Waals surface area contributed by atoms with E-state index in [-0.39, 0.29) is 11.9 Å². The zero-order chi connectivity index (χ0) is 17.9. The van der Waals surface area contributed by atoms with Crippen molar-refractivity contribution in [1.82, 2.24) is 15.0 Å². The van der Waals surface area contributed by atoms with E-state index in [0.29, 0.717) is 30.3 Å². The third-order valence-corrected chi connectivity index (χ3v) is 5.12. The largest absolute Gasteiger partial charge is 0.461 e. The number of benzene rings is 1. The molecule has 134 valence electrons. The monoisotopic (exact) mass is 415 g/mol. The fourth-order valence-corrected chi connectivity index (χ4v) is 3.58. The molecule has 1 aliphatic heterocycles. The Balaban J connectivity index is 1.39. The molecule has 1 aliphatic rings. The number of likely N-dealkylation sites (tertiary alicyclic amines) is 1. The second-order valence-electron chi connectivity index (χ2n) is 6.29. The first-order chi connectivity index (χ1) is 12.7. The number of carbonyl (C=O) groups excluding carboxylic acids is 1. The molecule has 0 spiro atoms. The molecule has 6 nitrogen and oxygen atoms in total. The minimum Gasteiger partial charge on any atom is -0.461 e. The molecule has 1 fully saturated rings. The first-order valence-electron chi connectivity index (χ1n) is 8.62. The lowest BCUT2D eigenvalue weighted by Crippen LogP contribution is -2.30. The lowest BCUT2D eigenvalue weighted by Gasteiger charge is -2.25. The summed E-state index contributed by atoms with van der Waals surface area (Å²) in [7, 11) is 0. The van der Waals surface area contributed by atoms with Crippen LogP contribution >= 0.6 is 15.9 Å². The van der Waals surface area contributed by atoms with Gasteiger partial charge in [0, 0.05) is 23.9 Å². The molecule has 1 unspecified atom stereocenters. The zero-order valence-electron chi connectivity index (χ0n) is 14.1. The van der Waals surface area contributed by atoms with Crippen molar-refractivity contribution < 1.29 is 13.7 Å². The summed E-state index contributed by atoms with van der Waals surface area (Å²) in [4.78, 5) is 19.0. The molecule has 1 aromatic carbocycles. The molecule has 0 N–H and O–H groups in total. The maximum atomic E-state index is 12.7. The van der Waals surface area contributed by atoms with Crippen molar-refractivity contribution in [2.75, 3.05) is 6.54 Å². The first kappa shape index (κ1) is 17.0. The average Bonchev–Trinajstić information content (AvgIpc) is 3.40. The van der Waals surface area contributed by atoms with Gasteiger partial charge in [0.05, 0.1) is 12.3 Å². The van der Waals surface area contributed by atoms with Crippen LogP contribution in [0, 0.1) is 0 Å². The Morgan fingerprint density at radius 2 is 2.12 bits per heavy atom. The van der Waals surface area contributed by atoms with Crippen LogP contribution < -0.4 is 0 Å². The summed E-state index contributed by atoms with van der Waals surface area (Å²) in [5.41, 5.74) is 1.18. The Bertz CT molecular complexity index is 874. The third kappa shape index (κ3) is 3.58. The van der Waals surface area contributed by atoms with Crippen molar-refractivity contribution in [2.45, 2.75) is 31.7 Å². The molecule has 0 radical (unpaired) electrons. The van der Waals surface area contributed by atoms with Crippen LogP contribution in [-0.4, -0.2) is 27.5 Å². The van der Waals surface area contributed by atoms with E-state index in [1.54, 1.807) is 18.4 Å². The van der Waals surface area contributed by atoms with E-state index in [4.69, 9.17) is 8.94 Å². The van der Waals surface area contributed by atoms with Gasteiger partial charge in [0.25, 0.3) is 0 Å². The summed E-state index contributed by atoms with van der Waals surface area (Å²) < 4.78 is 11.5. The highest BCUT2D eigenvalue weighted by atomic mass is 79.9. The molecule has 7 heteroatoms. The molecule has 2 aromatic heterocycles. The smallest absolute Gasteiger partial charge is 0.238 e. The lowest BCUT2D eigenvalue weighted by atomic mass is 10.0. The number of aryl methyl sites for hydroxylation is 1. The first-order valence-corrected chi connectivity index (χ1v) is 9.41. The Hall–Kier alpha value is -2.41. The lowest BCUT2D eigenvalue weighted by molar-refractivity contribution is -0.132. The maximum Gasteiger partial charge on any atom is 0.238 e. The molecule has 3 heterocycles. The maximum absolute atomic E-state index is 12.7. The topological polar surface area (TPSA) is 72.4 Å². The average molecular weight is 416 g/mol. The van der Waals surface area contributed by atoms with E-state index in [9.17, 15) is 4.79 Å². The van der Waals surface area contributed by atoms with Gasteiger partial charge in [0.1, 0.15) is 0 Å². The number of hydrogen-bond donors (Lipinski definition) is 0. The van der Waals surface area contributed by atoms with Crippen LogP contribution in [0.4, 0.5) is 0 Å². The Kier molecular flexibility index (Phi) is 4.88. The molecular weight excluding hydrogens is 398 g/mol. The van der Waals surface area contributed by atoms with Crippen LogP contribution in [0.25, 0.3) is 11.6 Å². The molecule has 0 bridgehead atoms. The van der Waals surface area contributed by atoms with Gasteiger partial charge >= 0.3 is 0 Å². The highest BCUT2D eigenvalue weighted by Gasteiger charge is 2.29. The highest BCUT2D eigenvalue weighted by Crippen LogP contribution is 2.33. The van der Waals surface area contributed by atoms with Gasteiger partial charge in [0.15, 0.2) is 5.76 Å². The second kappa shape index (κ2) is 7.45. The Labute approximate surface area is 159 Å². The summed E-state index contributed by atoms with van der Waals surface area (Å²) in [6.07, 6.45) is 4.36. The van der Waals surface area contributed by atoms with Gasteiger partial charge in [-0.15, -0.1) is 0 Å². The quantitative estimate of drug-likeness (QED) is 0.617. The highest BCUT2D eigenvalue weighted by molar-refractivity contribution is 9.10. The SMILES string of the molecule is O=C(CCc1nc(-c2ccco2)no1)N1CCCC1c1ccc(Br)cc1. The van der Waals surface area contributed by atoms with Crippen molar-refractivity contribution in [2.24, 2.45) is 0 Å². The molecule has 1 amide bonds. The molecule has 26 heavy (non-hydrogen) atoms. The van der Waals surface area contributed by atoms with E-state index < -0.39 is 0 Å². The van der Waals surface area contributed by atoms with Crippen molar-refractivity contribution in [3.63, 3.8) is 0 Å². The Morgan fingerprint density at radius 1 is 1.27 bits per heavy atom. The van der Waals surface area contributed by atoms with Gasteiger partial charge in [-0.3, -0.25) is 4.79 Å². The Morgan fingerprint density at radius 3 is 2.88 bits per heavy atom. The molecular formula is C19H18BrN3O3. The third-order valence-electron chi connectivity index (χ3n) is 4.59. The van der Waals surface area contributed by atoms with Crippen LogP contribution in [0.2, 0.25) is 0 Å². The number of nitrogens with zero attached hydrogens (tertiary/aromatic N) is 3. The molecule has 4 rings (SSSR count).